The van der Waals surface area contributed by atoms with E-state index >= 15 is 0 Å². The zero-order valence-electron chi connectivity index (χ0n) is 8.18. The summed E-state index contributed by atoms with van der Waals surface area (Å²) in [5, 5.41) is 0. The van der Waals surface area contributed by atoms with Crippen LogP contribution in [0, 0.1) is 5.92 Å². The summed E-state index contributed by atoms with van der Waals surface area (Å²) < 4.78 is 7.72. The third-order valence-electron chi connectivity index (χ3n) is 1.48. The molecule has 1 heteroatoms. The molecule has 0 aromatic carbocycles. The maximum atomic E-state index is 7.72. The molecule has 0 fully saturated rings. The zero-order valence-corrected chi connectivity index (χ0v) is 7.18. The Hall–Kier alpha value is -0.0400. The molecule has 0 aliphatic rings. The first-order chi connectivity index (χ1) is 4.46. The normalized spacial score (nSPS) is 20.1. The van der Waals surface area contributed by atoms with Gasteiger partial charge >= 0.3 is 0 Å². The van der Waals surface area contributed by atoms with E-state index in [1.807, 2.05) is 14.1 Å². The van der Waals surface area contributed by atoms with E-state index in [0.29, 0.717) is 12.0 Å². The van der Waals surface area contributed by atoms with Gasteiger partial charge in [0.15, 0.2) is 0 Å². The fraction of sp³-hybridized carbons (Fsp3) is 1.00. The Balaban J connectivity index is 3.81. The lowest BCUT2D eigenvalue weighted by Crippen LogP contribution is -2.25. The summed E-state index contributed by atoms with van der Waals surface area (Å²) in [7, 11) is 4.04. The van der Waals surface area contributed by atoms with E-state index in [9.17, 15) is 0 Å². The summed E-state index contributed by atoms with van der Waals surface area (Å²) in [4.78, 5) is 2.09. The largest absolute Gasteiger partial charge is 0.307 e. The summed E-state index contributed by atoms with van der Waals surface area (Å²) in [6.07, 6.45) is 0.0370. The van der Waals surface area contributed by atoms with Gasteiger partial charge in [0.05, 0.1) is 0 Å². The lowest BCUT2D eigenvalue weighted by molar-refractivity contribution is 0.274. The van der Waals surface area contributed by atoms with Gasteiger partial charge < -0.3 is 4.90 Å². The topological polar surface area (TPSA) is 3.24 Å². The second-order valence-corrected chi connectivity index (χ2v) is 3.14. The number of hydrogen-bond donors (Lipinski definition) is 0. The van der Waals surface area contributed by atoms with Crippen molar-refractivity contribution in [2.45, 2.75) is 33.2 Å². The summed E-state index contributed by atoms with van der Waals surface area (Å²) >= 11 is 0. The van der Waals surface area contributed by atoms with Gasteiger partial charge in [-0.25, -0.2) is 0 Å². The molecule has 0 spiro atoms. The number of hydrogen-bond acceptors (Lipinski definition) is 1. The van der Waals surface area contributed by atoms with E-state index < -0.39 is 0 Å². The SMILES string of the molecule is [2H][C@H](C(C)C)[C@@H](C)N(C)C. The van der Waals surface area contributed by atoms with Crippen LogP contribution in [0.4, 0.5) is 0 Å². The molecule has 0 amide bonds. The molecule has 0 aliphatic carbocycles. The van der Waals surface area contributed by atoms with E-state index in [1.165, 1.54) is 0 Å². The first kappa shape index (κ1) is 7.07. The molecule has 0 bridgehead atoms. The highest BCUT2D eigenvalue weighted by Gasteiger charge is 2.05. The molecular weight excluding hydrogens is 110 g/mol. The van der Waals surface area contributed by atoms with Gasteiger partial charge in [-0.2, -0.15) is 0 Å². The summed E-state index contributed by atoms with van der Waals surface area (Å²) in [6.45, 7) is 6.28. The lowest BCUT2D eigenvalue weighted by Gasteiger charge is -2.21. The third kappa shape index (κ3) is 4.46. The summed E-state index contributed by atoms with van der Waals surface area (Å²) in [5.74, 6) is 0.456. The first-order valence-electron chi connectivity index (χ1n) is 4.13. The van der Waals surface area contributed by atoms with Crippen molar-refractivity contribution in [3.63, 3.8) is 0 Å². The quantitative estimate of drug-likeness (QED) is 0.564. The maximum absolute atomic E-state index is 7.72. The lowest BCUT2D eigenvalue weighted by atomic mass is 10.1. The third-order valence-corrected chi connectivity index (χ3v) is 1.48. The Morgan fingerprint density at radius 2 is 1.78 bits per heavy atom. The van der Waals surface area contributed by atoms with Crippen LogP contribution in [-0.4, -0.2) is 25.0 Å². The van der Waals surface area contributed by atoms with Gasteiger partial charge in [0.1, 0.15) is 0 Å². The molecule has 2 atom stereocenters. The Labute approximate surface area is 60.5 Å². The summed E-state index contributed by atoms with van der Waals surface area (Å²) in [6, 6.07) is 0.361. The van der Waals surface area contributed by atoms with Gasteiger partial charge in [0.25, 0.3) is 0 Å². The Kier molecular flexibility index (Phi) is 3.05. The van der Waals surface area contributed by atoms with Crippen LogP contribution in [0.1, 0.15) is 28.5 Å². The van der Waals surface area contributed by atoms with Crippen LogP contribution in [0.3, 0.4) is 0 Å². The maximum Gasteiger partial charge on any atom is 0.0285 e. The molecule has 0 heterocycles. The molecule has 0 aromatic rings. The van der Waals surface area contributed by atoms with E-state index in [1.54, 1.807) is 0 Å². The standard InChI is InChI=1S/C8H19N/c1-7(2)6-8(3)9(4)5/h7-8H,6H2,1-5H3/t8-/m1/s1/i6D/t6-,8-. The second-order valence-electron chi connectivity index (χ2n) is 3.14. The van der Waals surface area contributed by atoms with Crippen molar-refractivity contribution in [3.05, 3.63) is 0 Å². The Morgan fingerprint density at radius 3 is 1.89 bits per heavy atom. The molecule has 0 aliphatic heterocycles. The second kappa shape index (κ2) is 3.89. The van der Waals surface area contributed by atoms with Gasteiger partial charge in [0, 0.05) is 7.41 Å². The monoisotopic (exact) mass is 130 g/mol. The van der Waals surface area contributed by atoms with E-state index in [-0.39, 0.29) is 6.40 Å². The van der Waals surface area contributed by atoms with Crippen molar-refractivity contribution in [2.24, 2.45) is 5.92 Å². The van der Waals surface area contributed by atoms with Crippen LogP contribution in [0.25, 0.3) is 0 Å². The molecule has 0 radical (unpaired) electrons. The van der Waals surface area contributed by atoms with Crippen LogP contribution in [0.2, 0.25) is 0 Å². The fourth-order valence-corrected chi connectivity index (χ4v) is 0.729. The van der Waals surface area contributed by atoms with Crippen molar-refractivity contribution < 1.29 is 1.37 Å². The van der Waals surface area contributed by atoms with Gasteiger partial charge in [-0.3, -0.25) is 0 Å². The highest BCUT2D eigenvalue weighted by Crippen LogP contribution is 2.06. The molecule has 0 rings (SSSR count). The highest BCUT2D eigenvalue weighted by molar-refractivity contribution is 4.60. The van der Waals surface area contributed by atoms with Crippen LogP contribution in [0.15, 0.2) is 0 Å². The molecule has 0 aromatic heterocycles. The predicted octanol–water partition coefficient (Wildman–Crippen LogP) is 1.98. The molecule has 0 N–H and O–H groups in total. The van der Waals surface area contributed by atoms with Crippen LogP contribution in [0.5, 0.6) is 0 Å². The van der Waals surface area contributed by atoms with E-state index in [0.717, 1.165) is 0 Å². The van der Waals surface area contributed by atoms with Gasteiger partial charge in [0.2, 0.25) is 0 Å². The predicted molar refractivity (Wildman–Crippen MR) is 42.6 cm³/mol. The average molecular weight is 130 g/mol. The van der Waals surface area contributed by atoms with Gasteiger partial charge in [-0.05, 0) is 33.3 Å². The van der Waals surface area contributed by atoms with Crippen molar-refractivity contribution in [1.82, 2.24) is 4.90 Å². The minimum Gasteiger partial charge on any atom is -0.307 e. The van der Waals surface area contributed by atoms with Gasteiger partial charge in [-0.1, -0.05) is 13.8 Å². The fourth-order valence-electron chi connectivity index (χ4n) is 0.729. The molecule has 0 saturated heterocycles. The molecular formula is C8H19N. The highest BCUT2D eigenvalue weighted by atomic mass is 15.1. The van der Waals surface area contributed by atoms with Crippen LogP contribution in [-0.2, 0) is 0 Å². The van der Waals surface area contributed by atoms with E-state index in [2.05, 4.69) is 25.7 Å². The van der Waals surface area contributed by atoms with Crippen molar-refractivity contribution in [2.75, 3.05) is 14.1 Å². The molecule has 56 valence electrons. The molecule has 1 nitrogen and oxygen atoms in total. The first-order valence-corrected chi connectivity index (χ1v) is 3.55. The van der Waals surface area contributed by atoms with Crippen LogP contribution >= 0.6 is 0 Å². The Morgan fingerprint density at radius 1 is 1.33 bits per heavy atom. The minimum atomic E-state index is 0.0370. The zero-order chi connectivity index (χ0) is 8.31. The van der Waals surface area contributed by atoms with E-state index in [4.69, 9.17) is 1.37 Å². The smallest absolute Gasteiger partial charge is 0.0285 e. The van der Waals surface area contributed by atoms with Crippen molar-refractivity contribution in [1.29, 1.82) is 0 Å². The molecule has 9 heavy (non-hydrogen) atoms. The molecule has 0 saturated carbocycles. The van der Waals surface area contributed by atoms with Crippen molar-refractivity contribution >= 4 is 0 Å². The Bertz CT molecular complexity index is 79.3. The van der Waals surface area contributed by atoms with Gasteiger partial charge in [-0.15, -0.1) is 0 Å². The molecule has 0 unspecified atom stereocenters. The van der Waals surface area contributed by atoms with Crippen LogP contribution < -0.4 is 0 Å². The summed E-state index contributed by atoms with van der Waals surface area (Å²) in [5.41, 5.74) is 0. The number of nitrogens with zero attached hydrogens (tertiary/aromatic N) is 1. The average Bonchev–Trinajstić information content (AvgIpc) is 1.84. The van der Waals surface area contributed by atoms with Crippen molar-refractivity contribution in [3.8, 4) is 0 Å². The number of rotatable bonds is 3. The minimum absolute atomic E-state index is 0.0370.